The Balaban J connectivity index is 1.84. The Labute approximate surface area is 104 Å². The van der Waals surface area contributed by atoms with Crippen LogP contribution < -0.4 is 14.8 Å². The molecule has 0 saturated carbocycles. The van der Waals surface area contributed by atoms with Crippen molar-refractivity contribution in [3.8, 4) is 11.5 Å². The van der Waals surface area contributed by atoms with Crippen molar-refractivity contribution in [1.82, 2.24) is 15.3 Å². The minimum Gasteiger partial charge on any atom is -0.454 e. The van der Waals surface area contributed by atoms with Gasteiger partial charge in [-0.1, -0.05) is 12.1 Å². The molecule has 2 aliphatic heterocycles. The van der Waals surface area contributed by atoms with Crippen molar-refractivity contribution in [1.29, 1.82) is 0 Å². The summed E-state index contributed by atoms with van der Waals surface area (Å²) >= 11 is 0. The number of benzene rings is 1. The van der Waals surface area contributed by atoms with Gasteiger partial charge in [0.05, 0.1) is 17.7 Å². The maximum atomic E-state index is 5.59. The number of H-pyrrole nitrogens is 1. The molecule has 0 radical (unpaired) electrons. The zero-order valence-electron chi connectivity index (χ0n) is 9.77. The maximum absolute atomic E-state index is 5.59. The van der Waals surface area contributed by atoms with Crippen molar-refractivity contribution in [3.63, 3.8) is 0 Å². The Hall–Kier alpha value is -2.01. The van der Waals surface area contributed by atoms with Crippen LogP contribution in [0.15, 0.2) is 24.5 Å². The fourth-order valence-electron chi connectivity index (χ4n) is 2.70. The van der Waals surface area contributed by atoms with E-state index in [0.29, 0.717) is 6.79 Å². The van der Waals surface area contributed by atoms with E-state index < -0.39 is 0 Å². The molecule has 2 aliphatic rings. The summed E-state index contributed by atoms with van der Waals surface area (Å²) in [6.45, 7) is 2.02. The predicted molar refractivity (Wildman–Crippen MR) is 64.7 cm³/mol. The summed E-state index contributed by atoms with van der Waals surface area (Å²) in [6, 6.07) is 6.03. The summed E-state index contributed by atoms with van der Waals surface area (Å²) < 4.78 is 11.0. The number of rotatable bonds is 1. The second kappa shape index (κ2) is 3.74. The summed E-state index contributed by atoms with van der Waals surface area (Å²) in [6.07, 6.45) is 1.76. The highest BCUT2D eigenvalue weighted by atomic mass is 16.7. The number of nitrogens with one attached hydrogen (secondary N) is 2. The SMILES string of the molecule is c1cc2c(c(C3CNCc4[nH]cnc43)c1)OCO2. The Morgan fingerprint density at radius 3 is 3.28 bits per heavy atom. The first-order chi connectivity index (χ1) is 8.93. The van der Waals surface area contributed by atoms with Crippen LogP contribution in [0.4, 0.5) is 0 Å². The molecule has 92 valence electrons. The lowest BCUT2D eigenvalue weighted by Crippen LogP contribution is -2.29. The van der Waals surface area contributed by atoms with Crippen LogP contribution in [0.25, 0.3) is 0 Å². The summed E-state index contributed by atoms with van der Waals surface area (Å²) in [5, 5.41) is 3.40. The normalized spacial score (nSPS) is 20.8. The van der Waals surface area contributed by atoms with Crippen LogP contribution in [0.3, 0.4) is 0 Å². The summed E-state index contributed by atoms with van der Waals surface area (Å²) in [5.74, 6) is 1.91. The largest absolute Gasteiger partial charge is 0.454 e. The minimum atomic E-state index is 0.219. The van der Waals surface area contributed by atoms with Crippen LogP contribution in [0.2, 0.25) is 0 Å². The summed E-state index contributed by atoms with van der Waals surface area (Å²) in [4.78, 5) is 7.63. The third-order valence-corrected chi connectivity index (χ3v) is 3.53. The van der Waals surface area contributed by atoms with Crippen LogP contribution in [-0.4, -0.2) is 23.3 Å². The number of nitrogens with zero attached hydrogens (tertiary/aromatic N) is 1. The van der Waals surface area contributed by atoms with E-state index in [1.165, 1.54) is 0 Å². The average molecular weight is 243 g/mol. The van der Waals surface area contributed by atoms with Gasteiger partial charge in [0.25, 0.3) is 0 Å². The second-order valence-electron chi connectivity index (χ2n) is 4.53. The van der Waals surface area contributed by atoms with Crippen LogP contribution in [-0.2, 0) is 6.54 Å². The fourth-order valence-corrected chi connectivity index (χ4v) is 2.70. The molecular weight excluding hydrogens is 230 g/mol. The molecule has 0 fully saturated rings. The molecule has 2 N–H and O–H groups in total. The lowest BCUT2D eigenvalue weighted by molar-refractivity contribution is 0.173. The molecule has 0 aliphatic carbocycles. The first-order valence-corrected chi connectivity index (χ1v) is 6.05. The first kappa shape index (κ1) is 9.96. The molecule has 3 heterocycles. The van der Waals surface area contributed by atoms with Gasteiger partial charge in [-0.3, -0.25) is 0 Å². The van der Waals surface area contributed by atoms with Gasteiger partial charge in [0, 0.05) is 24.6 Å². The number of hydrogen-bond donors (Lipinski definition) is 2. The third kappa shape index (κ3) is 1.34. The van der Waals surface area contributed by atoms with Gasteiger partial charge in [0.15, 0.2) is 11.5 Å². The highest BCUT2D eigenvalue weighted by molar-refractivity contribution is 5.52. The monoisotopic (exact) mass is 243 g/mol. The number of hydrogen-bond acceptors (Lipinski definition) is 4. The van der Waals surface area contributed by atoms with Crippen molar-refractivity contribution in [3.05, 3.63) is 41.5 Å². The molecule has 5 nitrogen and oxygen atoms in total. The van der Waals surface area contributed by atoms with Crippen LogP contribution >= 0.6 is 0 Å². The molecule has 0 amide bonds. The van der Waals surface area contributed by atoms with E-state index in [1.54, 1.807) is 6.33 Å². The van der Waals surface area contributed by atoms with E-state index in [-0.39, 0.29) is 5.92 Å². The van der Waals surface area contributed by atoms with Gasteiger partial charge in [-0.2, -0.15) is 0 Å². The molecule has 0 spiro atoms. The number of aromatic nitrogens is 2. The molecule has 2 aromatic rings. The topological polar surface area (TPSA) is 59.2 Å². The Bertz CT molecular complexity index is 594. The lowest BCUT2D eigenvalue weighted by Gasteiger charge is -2.23. The maximum Gasteiger partial charge on any atom is 0.231 e. The molecule has 4 rings (SSSR count). The standard InChI is InChI=1S/C13H13N3O2/c1-2-8(13-11(3-1)17-7-18-13)9-4-14-5-10-12(9)16-6-15-10/h1-3,6,9,14H,4-5,7H2,(H,15,16). The number of fused-ring (bicyclic) bond motifs is 2. The van der Waals surface area contributed by atoms with E-state index >= 15 is 0 Å². The smallest absolute Gasteiger partial charge is 0.231 e. The number of ether oxygens (including phenoxy) is 2. The average Bonchev–Trinajstić information content (AvgIpc) is 3.06. The Morgan fingerprint density at radius 1 is 1.28 bits per heavy atom. The van der Waals surface area contributed by atoms with E-state index in [2.05, 4.69) is 21.4 Å². The lowest BCUT2D eigenvalue weighted by atomic mass is 9.91. The van der Waals surface area contributed by atoms with Crippen molar-refractivity contribution < 1.29 is 9.47 Å². The van der Waals surface area contributed by atoms with Gasteiger partial charge < -0.3 is 19.8 Å². The highest BCUT2D eigenvalue weighted by Gasteiger charge is 2.29. The second-order valence-corrected chi connectivity index (χ2v) is 4.53. The van der Waals surface area contributed by atoms with Crippen molar-refractivity contribution in [2.24, 2.45) is 0 Å². The summed E-state index contributed by atoms with van der Waals surface area (Å²) in [5.41, 5.74) is 3.41. The van der Waals surface area contributed by atoms with Gasteiger partial charge in [0.2, 0.25) is 6.79 Å². The van der Waals surface area contributed by atoms with Crippen molar-refractivity contribution in [2.45, 2.75) is 12.5 Å². The highest BCUT2D eigenvalue weighted by Crippen LogP contribution is 2.41. The molecule has 5 heteroatoms. The minimum absolute atomic E-state index is 0.219. The van der Waals surface area contributed by atoms with Gasteiger partial charge >= 0.3 is 0 Å². The van der Waals surface area contributed by atoms with E-state index in [1.807, 2.05) is 12.1 Å². The van der Waals surface area contributed by atoms with E-state index in [0.717, 1.165) is 41.5 Å². The van der Waals surface area contributed by atoms with Crippen LogP contribution in [0.5, 0.6) is 11.5 Å². The van der Waals surface area contributed by atoms with E-state index in [9.17, 15) is 0 Å². The molecule has 0 bridgehead atoms. The molecule has 18 heavy (non-hydrogen) atoms. The Morgan fingerprint density at radius 2 is 2.28 bits per heavy atom. The van der Waals surface area contributed by atoms with Gasteiger partial charge in [-0.25, -0.2) is 4.98 Å². The zero-order valence-corrected chi connectivity index (χ0v) is 9.77. The molecular formula is C13H13N3O2. The van der Waals surface area contributed by atoms with Crippen molar-refractivity contribution in [2.75, 3.05) is 13.3 Å². The quantitative estimate of drug-likeness (QED) is 0.794. The van der Waals surface area contributed by atoms with Crippen LogP contribution in [0.1, 0.15) is 22.9 Å². The molecule has 1 atom stereocenters. The number of imidazole rings is 1. The van der Waals surface area contributed by atoms with Crippen LogP contribution in [0, 0.1) is 0 Å². The molecule has 1 aromatic carbocycles. The first-order valence-electron chi connectivity index (χ1n) is 6.05. The fraction of sp³-hybridized carbons (Fsp3) is 0.308. The molecule has 1 unspecified atom stereocenters. The number of aromatic amines is 1. The zero-order chi connectivity index (χ0) is 11.9. The number of para-hydroxylation sites is 1. The van der Waals surface area contributed by atoms with Gasteiger partial charge in [-0.05, 0) is 6.07 Å². The van der Waals surface area contributed by atoms with E-state index in [4.69, 9.17) is 9.47 Å². The van der Waals surface area contributed by atoms with Gasteiger partial charge in [0.1, 0.15) is 0 Å². The molecule has 1 aromatic heterocycles. The van der Waals surface area contributed by atoms with Crippen molar-refractivity contribution >= 4 is 0 Å². The Kier molecular flexibility index (Phi) is 2.07. The predicted octanol–water partition coefficient (Wildman–Crippen LogP) is 1.37. The molecule has 0 saturated heterocycles. The summed E-state index contributed by atoms with van der Waals surface area (Å²) in [7, 11) is 0. The third-order valence-electron chi connectivity index (χ3n) is 3.53. The van der Waals surface area contributed by atoms with Gasteiger partial charge in [-0.15, -0.1) is 0 Å².